The van der Waals surface area contributed by atoms with Crippen molar-refractivity contribution < 1.29 is 9.21 Å². The third kappa shape index (κ3) is 3.66. The molecule has 1 aliphatic rings. The summed E-state index contributed by atoms with van der Waals surface area (Å²) in [6, 6.07) is 13.7. The normalized spacial score (nSPS) is 17.2. The van der Waals surface area contributed by atoms with Gasteiger partial charge >= 0.3 is 0 Å². The summed E-state index contributed by atoms with van der Waals surface area (Å²) in [4.78, 5) is 14.1. The van der Waals surface area contributed by atoms with E-state index in [9.17, 15) is 4.79 Å². The zero-order valence-corrected chi connectivity index (χ0v) is 15.1. The van der Waals surface area contributed by atoms with Crippen LogP contribution >= 0.6 is 11.8 Å². The molecule has 1 fully saturated rings. The smallest absolute Gasteiger partial charge is 0.228 e. The maximum atomic E-state index is 12.3. The summed E-state index contributed by atoms with van der Waals surface area (Å²) >= 11 is 1.43. The first-order chi connectivity index (χ1) is 12.7. The number of nitrogens with zero attached hydrogens (tertiary/aromatic N) is 4. The van der Waals surface area contributed by atoms with Crippen LogP contribution in [-0.4, -0.2) is 33.3 Å². The molecule has 1 saturated heterocycles. The minimum Gasteiger partial charge on any atom is -0.453 e. The molecule has 1 atom stereocenters. The molecule has 134 valence electrons. The van der Waals surface area contributed by atoms with E-state index in [4.69, 9.17) is 4.42 Å². The molecule has 3 aromatic rings. The number of aryl methyl sites for hydroxylation is 1. The molecule has 0 bridgehead atoms. The predicted octanol–water partition coefficient (Wildman–Crippen LogP) is 2.45. The highest BCUT2D eigenvalue weighted by Gasteiger charge is 2.30. The number of amides is 1. The molecule has 1 N–H and O–H groups in total. The number of benzene rings is 1. The fourth-order valence-electron chi connectivity index (χ4n) is 2.91. The summed E-state index contributed by atoms with van der Waals surface area (Å²) in [6.07, 6.45) is 2.15. The fraction of sp³-hybridized carbons (Fsp3) is 0.278. The minimum absolute atomic E-state index is 0.114. The maximum absolute atomic E-state index is 12.3. The molecule has 0 radical (unpaired) electrons. The van der Waals surface area contributed by atoms with Gasteiger partial charge in [-0.15, -0.1) is 10.2 Å². The Balaban J connectivity index is 1.32. The number of carbonyl (C=O) groups excluding carboxylic acids is 1. The monoisotopic (exact) mass is 369 g/mol. The van der Waals surface area contributed by atoms with Crippen LogP contribution in [0.4, 0.5) is 5.69 Å². The van der Waals surface area contributed by atoms with Crippen molar-refractivity contribution in [2.75, 3.05) is 11.4 Å². The molecule has 0 aliphatic carbocycles. The van der Waals surface area contributed by atoms with E-state index < -0.39 is 0 Å². The zero-order chi connectivity index (χ0) is 17.9. The molecule has 8 heteroatoms. The molecule has 26 heavy (non-hydrogen) atoms. The third-order valence-corrected chi connectivity index (χ3v) is 5.23. The minimum atomic E-state index is 0.114. The summed E-state index contributed by atoms with van der Waals surface area (Å²) in [5.74, 6) is 0.979. The number of rotatable bonds is 6. The number of aromatic nitrogens is 3. The van der Waals surface area contributed by atoms with Crippen molar-refractivity contribution in [1.82, 2.24) is 20.1 Å². The quantitative estimate of drug-likeness (QED) is 0.719. The summed E-state index contributed by atoms with van der Waals surface area (Å²) in [6.45, 7) is 1.25. The topological polar surface area (TPSA) is 76.2 Å². The lowest BCUT2D eigenvalue weighted by atomic mass is 10.2. The van der Waals surface area contributed by atoms with Gasteiger partial charge in [-0.2, -0.15) is 0 Å². The highest BCUT2D eigenvalue weighted by atomic mass is 32.2. The van der Waals surface area contributed by atoms with E-state index in [1.54, 1.807) is 6.33 Å². The average Bonchev–Trinajstić information content (AvgIpc) is 3.36. The Bertz CT molecular complexity index is 892. The van der Waals surface area contributed by atoms with Gasteiger partial charge in [-0.1, -0.05) is 18.2 Å². The molecule has 1 aromatic carbocycles. The number of furan rings is 1. The number of para-hydroxylation sites is 1. The van der Waals surface area contributed by atoms with Gasteiger partial charge in [0.1, 0.15) is 12.1 Å². The molecule has 0 unspecified atom stereocenters. The van der Waals surface area contributed by atoms with Crippen LogP contribution in [0.3, 0.4) is 0 Å². The highest BCUT2D eigenvalue weighted by molar-refractivity contribution is 7.99. The first kappa shape index (κ1) is 16.9. The van der Waals surface area contributed by atoms with Crippen molar-refractivity contribution in [3.05, 3.63) is 54.6 Å². The molecule has 0 spiro atoms. The van der Waals surface area contributed by atoms with Crippen LogP contribution in [0.2, 0.25) is 0 Å². The van der Waals surface area contributed by atoms with Crippen molar-refractivity contribution in [2.24, 2.45) is 7.05 Å². The van der Waals surface area contributed by atoms with Crippen molar-refractivity contribution in [3.63, 3.8) is 0 Å². The van der Waals surface area contributed by atoms with E-state index in [1.807, 2.05) is 59.0 Å². The van der Waals surface area contributed by atoms with Gasteiger partial charge in [0.25, 0.3) is 0 Å². The van der Waals surface area contributed by atoms with Gasteiger partial charge in [-0.25, -0.2) is 0 Å². The Morgan fingerprint density at radius 2 is 2.12 bits per heavy atom. The van der Waals surface area contributed by atoms with E-state index in [0.717, 1.165) is 21.7 Å². The number of carbonyl (C=O) groups is 1. The summed E-state index contributed by atoms with van der Waals surface area (Å²) < 4.78 is 7.67. The Morgan fingerprint density at radius 3 is 2.88 bits per heavy atom. The van der Waals surface area contributed by atoms with Gasteiger partial charge in [0.2, 0.25) is 5.91 Å². The van der Waals surface area contributed by atoms with Crippen molar-refractivity contribution >= 4 is 23.4 Å². The first-order valence-electron chi connectivity index (χ1n) is 8.38. The van der Waals surface area contributed by atoms with E-state index in [2.05, 4.69) is 15.5 Å². The van der Waals surface area contributed by atoms with Crippen LogP contribution in [0.25, 0.3) is 0 Å². The summed E-state index contributed by atoms with van der Waals surface area (Å²) in [5.41, 5.74) is 0.946. The summed E-state index contributed by atoms with van der Waals surface area (Å²) in [5, 5.41) is 12.8. The second kappa shape index (κ2) is 7.35. The van der Waals surface area contributed by atoms with Gasteiger partial charge in [-0.05, 0) is 36.0 Å². The van der Waals surface area contributed by atoms with Crippen LogP contribution in [0.1, 0.15) is 12.2 Å². The fourth-order valence-corrected chi connectivity index (χ4v) is 3.65. The van der Waals surface area contributed by atoms with Crippen molar-refractivity contribution in [1.29, 1.82) is 0 Å². The molecule has 7 nitrogen and oxygen atoms in total. The molecule has 4 rings (SSSR count). The van der Waals surface area contributed by atoms with Crippen LogP contribution in [0.15, 0.2) is 63.5 Å². The molecule has 1 aliphatic heterocycles. The largest absolute Gasteiger partial charge is 0.453 e. The number of nitrogens with one attached hydrogen (secondary N) is 1. The van der Waals surface area contributed by atoms with Crippen molar-refractivity contribution in [2.45, 2.75) is 29.3 Å². The SMILES string of the molecule is Cn1cnnc1Sc1ccc(CN[C@H]2CC(=O)N(c3ccccc3)C2)o1. The Labute approximate surface area is 155 Å². The van der Waals surface area contributed by atoms with Crippen LogP contribution in [0, 0.1) is 0 Å². The second-order valence-corrected chi connectivity index (χ2v) is 7.14. The van der Waals surface area contributed by atoms with Gasteiger partial charge < -0.3 is 19.2 Å². The molecule has 1 amide bonds. The standard InChI is InChI=1S/C18H19N5O2S/c1-22-12-20-21-18(22)26-17-8-7-15(25-17)10-19-13-9-16(24)23(11-13)14-5-3-2-4-6-14/h2-8,12-13,19H,9-11H2,1H3/t13-/m0/s1. The maximum Gasteiger partial charge on any atom is 0.228 e. The first-order valence-corrected chi connectivity index (χ1v) is 9.20. The number of hydrogen-bond acceptors (Lipinski definition) is 6. The molecule has 0 saturated carbocycles. The van der Waals surface area contributed by atoms with Crippen molar-refractivity contribution in [3.8, 4) is 0 Å². The molecule has 3 heterocycles. The van der Waals surface area contributed by atoms with E-state index in [1.165, 1.54) is 11.8 Å². The summed E-state index contributed by atoms with van der Waals surface area (Å²) in [7, 11) is 1.89. The van der Waals surface area contributed by atoms with Gasteiger partial charge in [0.05, 0.1) is 6.54 Å². The number of hydrogen-bond donors (Lipinski definition) is 1. The second-order valence-electron chi connectivity index (χ2n) is 6.17. The van der Waals surface area contributed by atoms with Gasteiger partial charge in [-0.3, -0.25) is 4.79 Å². The Morgan fingerprint density at radius 1 is 1.27 bits per heavy atom. The highest BCUT2D eigenvalue weighted by Crippen LogP contribution is 2.27. The Hall–Kier alpha value is -2.58. The van der Waals surface area contributed by atoms with E-state index >= 15 is 0 Å². The molecular weight excluding hydrogens is 350 g/mol. The molecule has 2 aromatic heterocycles. The van der Waals surface area contributed by atoms with E-state index in [-0.39, 0.29) is 11.9 Å². The third-order valence-electron chi connectivity index (χ3n) is 4.26. The van der Waals surface area contributed by atoms with Crippen LogP contribution in [-0.2, 0) is 18.4 Å². The Kier molecular flexibility index (Phi) is 4.77. The van der Waals surface area contributed by atoms with Crippen LogP contribution in [0.5, 0.6) is 0 Å². The predicted molar refractivity (Wildman–Crippen MR) is 97.9 cm³/mol. The zero-order valence-electron chi connectivity index (χ0n) is 14.3. The lowest BCUT2D eigenvalue weighted by Crippen LogP contribution is -2.32. The molecular formula is C18H19N5O2S. The average molecular weight is 369 g/mol. The van der Waals surface area contributed by atoms with Crippen LogP contribution < -0.4 is 10.2 Å². The van der Waals surface area contributed by atoms with E-state index in [0.29, 0.717) is 19.5 Å². The van der Waals surface area contributed by atoms with Gasteiger partial charge in [0, 0.05) is 31.7 Å². The van der Waals surface area contributed by atoms with Gasteiger partial charge in [0.15, 0.2) is 10.2 Å². The lowest BCUT2D eigenvalue weighted by Gasteiger charge is -2.16. The lowest BCUT2D eigenvalue weighted by molar-refractivity contribution is -0.117. The number of anilines is 1.